The summed E-state index contributed by atoms with van der Waals surface area (Å²) in [5.41, 5.74) is 4.19. The fourth-order valence-electron chi connectivity index (χ4n) is 3.09. The number of aldehydes is 1. The van der Waals surface area contributed by atoms with Gasteiger partial charge in [0, 0.05) is 11.4 Å². The molecule has 0 N–H and O–H groups in total. The Balaban J connectivity index is 2.61. The molecule has 2 rings (SSSR count). The van der Waals surface area contributed by atoms with Crippen molar-refractivity contribution in [3.8, 4) is 0 Å². The van der Waals surface area contributed by atoms with E-state index in [1.54, 1.807) is 19.9 Å². The van der Waals surface area contributed by atoms with Gasteiger partial charge in [0.2, 0.25) is 0 Å². The van der Waals surface area contributed by atoms with Crippen molar-refractivity contribution in [3.05, 3.63) is 76.6 Å². The summed E-state index contributed by atoms with van der Waals surface area (Å²) >= 11 is 0. The van der Waals surface area contributed by atoms with Gasteiger partial charge in [0.05, 0.1) is 13.2 Å². The summed E-state index contributed by atoms with van der Waals surface area (Å²) in [6.45, 7) is 8.29. The third kappa shape index (κ3) is 6.37. The van der Waals surface area contributed by atoms with Crippen LogP contribution < -0.4 is 0 Å². The van der Waals surface area contributed by atoms with E-state index in [9.17, 15) is 9.36 Å². The predicted octanol–water partition coefficient (Wildman–Crippen LogP) is 6.79. The molecule has 5 heteroatoms. The molecule has 0 fully saturated rings. The van der Waals surface area contributed by atoms with Crippen LogP contribution in [0.1, 0.15) is 55.9 Å². The largest absolute Gasteiger partial charge is 0.354 e. The maximum atomic E-state index is 12.8. The van der Waals surface area contributed by atoms with E-state index in [-0.39, 0.29) is 19.1 Å². The van der Waals surface area contributed by atoms with Crippen molar-refractivity contribution in [2.45, 2.75) is 33.6 Å². The number of hydrogen-bond acceptors (Lipinski definition) is 4. The van der Waals surface area contributed by atoms with Crippen molar-refractivity contribution in [1.82, 2.24) is 0 Å². The van der Waals surface area contributed by atoms with Crippen LogP contribution in [-0.4, -0.2) is 19.5 Å². The van der Waals surface area contributed by atoms with Crippen LogP contribution in [0.3, 0.4) is 0 Å². The summed E-state index contributed by atoms with van der Waals surface area (Å²) in [5, 5.41) is 0. The average molecular weight is 412 g/mol. The number of carbonyl (C=O) groups excluding carboxylic acids is 1. The first-order valence-electron chi connectivity index (χ1n) is 9.87. The summed E-state index contributed by atoms with van der Waals surface area (Å²) in [4.78, 5) is 12.0. The second-order valence-corrected chi connectivity index (χ2v) is 8.68. The summed E-state index contributed by atoms with van der Waals surface area (Å²) in [7, 11) is -3.34. The van der Waals surface area contributed by atoms with E-state index in [1.807, 2.05) is 54.6 Å². The zero-order valence-electron chi connectivity index (χ0n) is 17.5. The molecule has 0 aromatic heterocycles. The lowest BCUT2D eigenvalue weighted by atomic mass is 9.88. The number of benzene rings is 2. The summed E-state index contributed by atoms with van der Waals surface area (Å²) < 4.78 is 23.5. The smallest absolute Gasteiger partial charge is 0.306 e. The van der Waals surface area contributed by atoms with Crippen molar-refractivity contribution < 1.29 is 18.4 Å². The maximum absolute atomic E-state index is 12.8. The fourth-order valence-corrected chi connectivity index (χ4v) is 4.40. The van der Waals surface area contributed by atoms with Crippen LogP contribution in [0, 0.1) is 0 Å². The molecular weight excluding hydrogens is 383 g/mol. The van der Waals surface area contributed by atoms with Crippen molar-refractivity contribution >= 4 is 31.6 Å². The van der Waals surface area contributed by atoms with Gasteiger partial charge in [0.1, 0.15) is 0 Å². The highest BCUT2D eigenvalue weighted by molar-refractivity contribution is 7.57. The minimum atomic E-state index is -3.34. The van der Waals surface area contributed by atoms with Gasteiger partial charge < -0.3 is 9.05 Å². The van der Waals surface area contributed by atoms with E-state index in [1.165, 1.54) is 5.82 Å². The zero-order chi connectivity index (χ0) is 21.3. The van der Waals surface area contributed by atoms with Gasteiger partial charge in [-0.25, -0.2) is 0 Å². The van der Waals surface area contributed by atoms with Gasteiger partial charge in [0.25, 0.3) is 0 Å². The van der Waals surface area contributed by atoms with Gasteiger partial charge in [-0.1, -0.05) is 62.4 Å². The van der Waals surface area contributed by atoms with Crippen LogP contribution in [0.5, 0.6) is 0 Å². The number of rotatable bonds is 10. The molecule has 2 aromatic carbocycles. The molecular formula is C24H29O4P. The molecule has 0 saturated heterocycles. The third-order valence-electron chi connectivity index (χ3n) is 4.34. The van der Waals surface area contributed by atoms with Crippen LogP contribution >= 0.6 is 7.60 Å². The van der Waals surface area contributed by atoms with E-state index in [4.69, 9.17) is 9.05 Å². The molecule has 0 heterocycles. The standard InChI is InChI=1S/C24H29O4P/c1-5-27-29(26,28-6-2)16-15-21-13-10-14-23(19(3)4)24(21)22(18-25)17-20-11-8-7-9-12-20/h7-19H,5-6H2,1-4H3/b16-15+,22-17-. The van der Waals surface area contributed by atoms with E-state index in [0.29, 0.717) is 5.57 Å². The quantitative estimate of drug-likeness (QED) is 0.187. The molecule has 0 spiro atoms. The lowest BCUT2D eigenvalue weighted by Crippen LogP contribution is -2.00. The number of hydrogen-bond donors (Lipinski definition) is 0. The topological polar surface area (TPSA) is 52.6 Å². The molecule has 0 bridgehead atoms. The van der Waals surface area contributed by atoms with Gasteiger partial charge in [-0.15, -0.1) is 0 Å². The van der Waals surface area contributed by atoms with Gasteiger partial charge in [-0.05, 0) is 54.2 Å². The van der Waals surface area contributed by atoms with Crippen molar-refractivity contribution in [2.24, 2.45) is 0 Å². The van der Waals surface area contributed by atoms with Crippen molar-refractivity contribution in [3.63, 3.8) is 0 Å². The molecule has 0 aliphatic heterocycles. The Morgan fingerprint density at radius 2 is 1.66 bits per heavy atom. The molecule has 0 atom stereocenters. The molecule has 0 aliphatic rings. The van der Waals surface area contributed by atoms with Crippen LogP contribution in [0.15, 0.2) is 54.3 Å². The molecule has 0 amide bonds. The second kappa shape index (κ2) is 11.1. The van der Waals surface area contributed by atoms with Crippen molar-refractivity contribution in [2.75, 3.05) is 13.2 Å². The van der Waals surface area contributed by atoms with Gasteiger partial charge >= 0.3 is 7.60 Å². The lowest BCUT2D eigenvalue weighted by molar-refractivity contribution is -0.103. The number of allylic oxidation sites excluding steroid dienone is 1. The highest BCUT2D eigenvalue weighted by Crippen LogP contribution is 2.50. The highest BCUT2D eigenvalue weighted by atomic mass is 31.2. The lowest BCUT2D eigenvalue weighted by Gasteiger charge is -2.17. The summed E-state index contributed by atoms with van der Waals surface area (Å²) in [6.07, 6.45) is 4.47. The minimum Gasteiger partial charge on any atom is -0.306 e. The normalized spacial score (nSPS) is 12.7. The van der Waals surface area contributed by atoms with E-state index in [0.717, 1.165) is 28.5 Å². The van der Waals surface area contributed by atoms with Gasteiger partial charge in [0.15, 0.2) is 6.29 Å². The molecule has 2 aromatic rings. The van der Waals surface area contributed by atoms with Crippen molar-refractivity contribution in [1.29, 1.82) is 0 Å². The van der Waals surface area contributed by atoms with Crippen LogP contribution in [-0.2, 0) is 18.4 Å². The Morgan fingerprint density at radius 1 is 1.00 bits per heavy atom. The van der Waals surface area contributed by atoms with Gasteiger partial charge in [-0.2, -0.15) is 0 Å². The Kier molecular flexibility index (Phi) is 8.78. The van der Waals surface area contributed by atoms with Gasteiger partial charge in [-0.3, -0.25) is 9.36 Å². The molecule has 0 radical (unpaired) electrons. The van der Waals surface area contributed by atoms with Crippen LogP contribution in [0.4, 0.5) is 0 Å². The molecule has 29 heavy (non-hydrogen) atoms. The predicted molar refractivity (Wildman–Crippen MR) is 121 cm³/mol. The zero-order valence-corrected chi connectivity index (χ0v) is 18.4. The first-order chi connectivity index (χ1) is 13.9. The minimum absolute atomic E-state index is 0.211. The average Bonchev–Trinajstić information content (AvgIpc) is 2.71. The highest BCUT2D eigenvalue weighted by Gasteiger charge is 2.20. The van der Waals surface area contributed by atoms with E-state index in [2.05, 4.69) is 13.8 Å². The van der Waals surface area contributed by atoms with Crippen LogP contribution in [0.2, 0.25) is 0 Å². The SMILES string of the molecule is CCOP(=O)(/C=C/c1cccc(C(C)C)c1/C(C=O)=C\c1ccccc1)OCC. The molecule has 154 valence electrons. The molecule has 0 saturated carbocycles. The van der Waals surface area contributed by atoms with E-state index < -0.39 is 7.60 Å². The fraction of sp³-hybridized carbons (Fsp3) is 0.292. The Labute approximate surface area is 173 Å². The monoisotopic (exact) mass is 412 g/mol. The third-order valence-corrected chi connectivity index (χ3v) is 6.09. The first kappa shape index (κ1) is 23.0. The van der Waals surface area contributed by atoms with E-state index >= 15 is 0 Å². The second-order valence-electron chi connectivity index (χ2n) is 6.79. The first-order valence-corrected chi connectivity index (χ1v) is 11.5. The molecule has 0 unspecified atom stereocenters. The number of carbonyl (C=O) groups is 1. The maximum Gasteiger partial charge on any atom is 0.354 e. The van der Waals surface area contributed by atoms with Crippen LogP contribution in [0.25, 0.3) is 17.7 Å². The Morgan fingerprint density at radius 3 is 2.21 bits per heavy atom. The summed E-state index contributed by atoms with van der Waals surface area (Å²) in [6, 6.07) is 15.6. The molecule has 0 aliphatic carbocycles. The summed E-state index contributed by atoms with van der Waals surface area (Å²) in [5.74, 6) is 1.69. The molecule has 4 nitrogen and oxygen atoms in total. The Bertz CT molecular complexity index is 904. The Hall–Kier alpha value is -2.26.